The molecule has 134 valence electrons. The molecule has 25 heavy (non-hydrogen) atoms. The summed E-state index contributed by atoms with van der Waals surface area (Å²) in [7, 11) is 0. The standard InChI is InChI=1S/C16H16F3N3O3/c17-16(18,19)10-22-13(23)15(8-11-4-2-1-3-5-11)9-21(14(24)25)7-6-12(15)20-22/h1-5H,6-10H2,(H,24,25). The van der Waals surface area contributed by atoms with Crippen LogP contribution in [-0.2, 0) is 11.2 Å². The highest BCUT2D eigenvalue weighted by Gasteiger charge is 2.55. The van der Waals surface area contributed by atoms with E-state index in [0.717, 1.165) is 10.5 Å². The molecule has 2 aliphatic heterocycles. The molecule has 0 aliphatic carbocycles. The van der Waals surface area contributed by atoms with E-state index in [0.29, 0.717) is 10.7 Å². The van der Waals surface area contributed by atoms with Gasteiger partial charge in [0.25, 0.3) is 5.91 Å². The van der Waals surface area contributed by atoms with Crippen molar-refractivity contribution >= 4 is 17.7 Å². The monoisotopic (exact) mass is 355 g/mol. The number of hydrazone groups is 1. The van der Waals surface area contributed by atoms with Gasteiger partial charge >= 0.3 is 12.3 Å². The summed E-state index contributed by atoms with van der Waals surface area (Å²) in [6.45, 7) is -1.56. The maximum Gasteiger partial charge on any atom is 0.408 e. The van der Waals surface area contributed by atoms with E-state index in [4.69, 9.17) is 0 Å². The van der Waals surface area contributed by atoms with Crippen LogP contribution in [0.5, 0.6) is 0 Å². The third-order valence-electron chi connectivity index (χ3n) is 4.47. The Hall–Kier alpha value is -2.58. The molecule has 2 amide bonds. The van der Waals surface area contributed by atoms with Gasteiger partial charge in [0.1, 0.15) is 12.0 Å². The normalized spacial score (nSPS) is 23.5. The Morgan fingerprint density at radius 2 is 1.96 bits per heavy atom. The molecule has 0 bridgehead atoms. The van der Waals surface area contributed by atoms with E-state index < -0.39 is 30.1 Å². The number of nitrogens with zero attached hydrogens (tertiary/aromatic N) is 3. The number of alkyl halides is 3. The Labute approximate surface area is 141 Å². The topological polar surface area (TPSA) is 73.2 Å². The van der Waals surface area contributed by atoms with E-state index >= 15 is 0 Å². The van der Waals surface area contributed by atoms with E-state index in [9.17, 15) is 27.9 Å². The summed E-state index contributed by atoms with van der Waals surface area (Å²) < 4.78 is 38.2. The predicted molar refractivity (Wildman–Crippen MR) is 82.0 cm³/mol. The highest BCUT2D eigenvalue weighted by Crippen LogP contribution is 2.39. The van der Waals surface area contributed by atoms with Gasteiger partial charge in [-0.1, -0.05) is 30.3 Å². The van der Waals surface area contributed by atoms with Gasteiger partial charge in [-0.15, -0.1) is 0 Å². The highest BCUT2D eigenvalue weighted by atomic mass is 19.4. The van der Waals surface area contributed by atoms with Gasteiger partial charge < -0.3 is 10.0 Å². The Balaban J connectivity index is 1.96. The first kappa shape index (κ1) is 17.2. The van der Waals surface area contributed by atoms with Crippen LogP contribution in [-0.4, -0.2) is 58.5 Å². The average Bonchev–Trinajstić information content (AvgIpc) is 2.79. The zero-order valence-corrected chi connectivity index (χ0v) is 13.2. The summed E-state index contributed by atoms with van der Waals surface area (Å²) in [5.41, 5.74) is -0.309. The second-order valence-corrected chi connectivity index (χ2v) is 6.22. The first-order chi connectivity index (χ1) is 11.7. The molecule has 2 aliphatic rings. The fourth-order valence-corrected chi connectivity index (χ4v) is 3.37. The van der Waals surface area contributed by atoms with Crippen molar-refractivity contribution in [2.24, 2.45) is 10.5 Å². The molecule has 6 nitrogen and oxygen atoms in total. The van der Waals surface area contributed by atoms with Crippen molar-refractivity contribution in [2.45, 2.75) is 19.0 Å². The SMILES string of the molecule is O=C(O)N1CCC2=NN(CC(F)(F)F)C(=O)C2(Cc2ccccc2)C1. The Kier molecular flexibility index (Phi) is 4.18. The molecule has 3 rings (SSSR count). The molecular weight excluding hydrogens is 339 g/mol. The number of rotatable bonds is 3. The van der Waals surface area contributed by atoms with Crippen molar-refractivity contribution in [2.75, 3.05) is 19.6 Å². The molecule has 1 unspecified atom stereocenters. The molecular formula is C16H16F3N3O3. The minimum atomic E-state index is -4.58. The van der Waals surface area contributed by atoms with Crippen LogP contribution in [0, 0.1) is 5.41 Å². The lowest BCUT2D eigenvalue weighted by atomic mass is 9.73. The first-order valence-electron chi connectivity index (χ1n) is 7.70. The number of hydrogen-bond acceptors (Lipinski definition) is 3. The molecule has 0 saturated carbocycles. The van der Waals surface area contributed by atoms with Crippen molar-refractivity contribution in [1.29, 1.82) is 0 Å². The van der Waals surface area contributed by atoms with E-state index in [1.54, 1.807) is 30.3 Å². The number of piperidine rings is 1. The van der Waals surface area contributed by atoms with Crippen molar-refractivity contribution in [3.63, 3.8) is 0 Å². The Morgan fingerprint density at radius 3 is 2.56 bits per heavy atom. The van der Waals surface area contributed by atoms with Crippen LogP contribution >= 0.6 is 0 Å². The summed E-state index contributed by atoms with van der Waals surface area (Å²) in [5.74, 6) is -0.797. The molecule has 1 fully saturated rings. The Bertz CT molecular complexity index is 720. The van der Waals surface area contributed by atoms with Crippen molar-refractivity contribution < 1.29 is 27.9 Å². The second-order valence-electron chi connectivity index (χ2n) is 6.22. The molecule has 1 aromatic carbocycles. The number of hydrogen-bond donors (Lipinski definition) is 1. The maximum atomic E-state index is 12.8. The van der Waals surface area contributed by atoms with Crippen molar-refractivity contribution in [3.05, 3.63) is 35.9 Å². The lowest BCUT2D eigenvalue weighted by molar-refractivity contribution is -0.163. The van der Waals surface area contributed by atoms with Crippen LogP contribution in [0.2, 0.25) is 0 Å². The van der Waals surface area contributed by atoms with Gasteiger partial charge in [-0.05, 0) is 12.0 Å². The number of carboxylic acid groups (broad SMARTS) is 1. The quantitative estimate of drug-likeness (QED) is 0.905. The van der Waals surface area contributed by atoms with Gasteiger partial charge in [0.2, 0.25) is 0 Å². The fourth-order valence-electron chi connectivity index (χ4n) is 3.37. The number of carbonyl (C=O) groups is 2. The highest BCUT2D eigenvalue weighted by molar-refractivity contribution is 6.13. The zero-order chi connectivity index (χ0) is 18.2. The van der Waals surface area contributed by atoms with Gasteiger partial charge in [-0.25, -0.2) is 9.80 Å². The number of benzene rings is 1. The van der Waals surface area contributed by atoms with Crippen LogP contribution in [0.25, 0.3) is 0 Å². The lowest BCUT2D eigenvalue weighted by Gasteiger charge is -2.38. The van der Waals surface area contributed by atoms with Crippen molar-refractivity contribution in [1.82, 2.24) is 9.91 Å². The van der Waals surface area contributed by atoms with Gasteiger partial charge in [-0.3, -0.25) is 4.79 Å². The average molecular weight is 355 g/mol. The van der Waals surface area contributed by atoms with E-state index in [2.05, 4.69) is 5.10 Å². The molecule has 1 aromatic rings. The first-order valence-corrected chi connectivity index (χ1v) is 7.70. The fraction of sp³-hybridized carbons (Fsp3) is 0.438. The minimum Gasteiger partial charge on any atom is -0.465 e. The van der Waals surface area contributed by atoms with Crippen LogP contribution < -0.4 is 0 Å². The molecule has 1 N–H and O–H groups in total. The minimum absolute atomic E-state index is 0.109. The van der Waals surface area contributed by atoms with Crippen LogP contribution in [0.4, 0.5) is 18.0 Å². The van der Waals surface area contributed by atoms with Gasteiger partial charge in [0.05, 0.1) is 5.71 Å². The third-order valence-corrected chi connectivity index (χ3v) is 4.47. The largest absolute Gasteiger partial charge is 0.465 e. The van der Waals surface area contributed by atoms with Crippen LogP contribution in [0.15, 0.2) is 35.4 Å². The molecule has 0 aromatic heterocycles. The number of halogens is 3. The Morgan fingerprint density at radius 1 is 1.28 bits per heavy atom. The summed E-state index contributed by atoms with van der Waals surface area (Å²) in [6.07, 6.45) is -5.52. The van der Waals surface area contributed by atoms with Gasteiger partial charge in [0, 0.05) is 19.5 Å². The third kappa shape index (κ3) is 3.31. The second kappa shape index (κ2) is 6.05. The van der Waals surface area contributed by atoms with Crippen LogP contribution in [0.3, 0.4) is 0 Å². The number of carbonyl (C=O) groups excluding carboxylic acids is 1. The molecule has 9 heteroatoms. The van der Waals surface area contributed by atoms with E-state index in [1.807, 2.05) is 0 Å². The van der Waals surface area contributed by atoms with Gasteiger partial charge in [0.15, 0.2) is 0 Å². The maximum absolute atomic E-state index is 12.8. The lowest BCUT2D eigenvalue weighted by Crippen LogP contribution is -2.55. The number of amides is 2. The summed E-state index contributed by atoms with van der Waals surface area (Å²) in [5, 5.41) is 13.6. The summed E-state index contributed by atoms with van der Waals surface area (Å²) in [4.78, 5) is 25.2. The summed E-state index contributed by atoms with van der Waals surface area (Å²) in [6, 6.07) is 8.81. The smallest absolute Gasteiger partial charge is 0.408 e. The van der Waals surface area contributed by atoms with Crippen molar-refractivity contribution in [3.8, 4) is 0 Å². The number of fused-ring (bicyclic) bond motifs is 1. The zero-order valence-electron chi connectivity index (χ0n) is 13.2. The van der Waals surface area contributed by atoms with E-state index in [-0.39, 0.29) is 25.9 Å². The molecule has 1 saturated heterocycles. The van der Waals surface area contributed by atoms with E-state index in [1.165, 1.54) is 0 Å². The van der Waals surface area contributed by atoms with Crippen LogP contribution in [0.1, 0.15) is 12.0 Å². The molecule has 1 atom stereocenters. The molecule has 0 radical (unpaired) electrons. The predicted octanol–water partition coefficient (Wildman–Crippen LogP) is 2.36. The molecule has 2 heterocycles. The molecule has 0 spiro atoms. The summed E-state index contributed by atoms with van der Waals surface area (Å²) >= 11 is 0. The van der Waals surface area contributed by atoms with Gasteiger partial charge in [-0.2, -0.15) is 18.3 Å². The number of likely N-dealkylation sites (tertiary alicyclic amines) is 1.